The summed E-state index contributed by atoms with van der Waals surface area (Å²) in [6, 6.07) is 11.6. The van der Waals surface area contributed by atoms with Crippen molar-refractivity contribution in [1.82, 2.24) is 10.3 Å². The predicted octanol–water partition coefficient (Wildman–Crippen LogP) is 3.28. The number of alkyl halides is 3. The molecule has 28 heavy (non-hydrogen) atoms. The van der Waals surface area contributed by atoms with E-state index in [1.165, 1.54) is 6.07 Å². The fourth-order valence-electron chi connectivity index (χ4n) is 3.30. The van der Waals surface area contributed by atoms with Crippen molar-refractivity contribution in [2.75, 3.05) is 18.0 Å². The monoisotopic (exact) mass is 392 g/mol. The second-order valence-corrected chi connectivity index (χ2v) is 6.95. The number of nitrogens with two attached hydrogens (primary N) is 1. The number of carbonyl (C=O) groups is 1. The van der Waals surface area contributed by atoms with Crippen LogP contribution in [0.25, 0.3) is 0 Å². The third-order valence-corrected chi connectivity index (χ3v) is 4.89. The standard InChI is InChI=1S/C20H23F3N4O/c21-20(22,23)15-6-7-18(25-13-15)27-10-8-16(9-11-27)26-19(28)12-17(24)14-4-2-1-3-5-14/h1-7,13,16-17H,8-12,24H2,(H,26,28). The van der Waals surface area contributed by atoms with E-state index in [9.17, 15) is 18.0 Å². The SMILES string of the molecule is NC(CC(=O)NC1CCN(c2ccc(C(F)(F)F)cn2)CC1)c1ccccc1. The Morgan fingerprint density at radius 2 is 1.86 bits per heavy atom. The fourth-order valence-corrected chi connectivity index (χ4v) is 3.30. The molecule has 0 spiro atoms. The summed E-state index contributed by atoms with van der Waals surface area (Å²) in [5.41, 5.74) is 6.25. The number of rotatable bonds is 5. The molecule has 1 aromatic heterocycles. The summed E-state index contributed by atoms with van der Waals surface area (Å²) < 4.78 is 37.9. The van der Waals surface area contributed by atoms with E-state index >= 15 is 0 Å². The van der Waals surface area contributed by atoms with Gasteiger partial charge in [-0.15, -0.1) is 0 Å². The van der Waals surface area contributed by atoms with Crippen LogP contribution in [-0.4, -0.2) is 30.0 Å². The van der Waals surface area contributed by atoms with Crippen molar-refractivity contribution in [3.63, 3.8) is 0 Å². The van der Waals surface area contributed by atoms with E-state index in [1.54, 1.807) is 0 Å². The van der Waals surface area contributed by atoms with Crippen LogP contribution in [0.15, 0.2) is 48.7 Å². The van der Waals surface area contributed by atoms with Crippen molar-refractivity contribution < 1.29 is 18.0 Å². The van der Waals surface area contributed by atoms with Gasteiger partial charge in [0.1, 0.15) is 5.82 Å². The molecule has 1 aliphatic heterocycles. The molecule has 1 aromatic carbocycles. The number of hydrogen-bond acceptors (Lipinski definition) is 4. The number of halogens is 3. The summed E-state index contributed by atoms with van der Waals surface area (Å²) >= 11 is 0. The number of nitrogens with one attached hydrogen (secondary N) is 1. The number of anilines is 1. The van der Waals surface area contributed by atoms with Crippen molar-refractivity contribution >= 4 is 11.7 Å². The van der Waals surface area contributed by atoms with Gasteiger partial charge in [-0.3, -0.25) is 4.79 Å². The number of carbonyl (C=O) groups excluding carboxylic acids is 1. The highest BCUT2D eigenvalue weighted by atomic mass is 19.4. The highest BCUT2D eigenvalue weighted by Crippen LogP contribution is 2.29. The van der Waals surface area contributed by atoms with E-state index in [1.807, 2.05) is 35.2 Å². The Hall–Kier alpha value is -2.61. The molecule has 1 saturated heterocycles. The van der Waals surface area contributed by atoms with Gasteiger partial charge in [-0.2, -0.15) is 13.2 Å². The molecule has 1 atom stereocenters. The number of benzene rings is 1. The van der Waals surface area contributed by atoms with Gasteiger partial charge < -0.3 is 16.0 Å². The van der Waals surface area contributed by atoms with Crippen molar-refractivity contribution in [1.29, 1.82) is 0 Å². The number of pyridine rings is 1. The Morgan fingerprint density at radius 1 is 1.18 bits per heavy atom. The van der Waals surface area contributed by atoms with Gasteiger partial charge in [0.05, 0.1) is 5.56 Å². The largest absolute Gasteiger partial charge is 0.417 e. The van der Waals surface area contributed by atoms with E-state index in [-0.39, 0.29) is 24.4 Å². The lowest BCUT2D eigenvalue weighted by molar-refractivity contribution is -0.137. The van der Waals surface area contributed by atoms with Crippen LogP contribution in [0.4, 0.5) is 19.0 Å². The second-order valence-electron chi connectivity index (χ2n) is 6.95. The molecule has 0 bridgehead atoms. The van der Waals surface area contributed by atoms with E-state index in [0.717, 1.165) is 17.8 Å². The average Bonchev–Trinajstić information content (AvgIpc) is 2.68. The van der Waals surface area contributed by atoms with Crippen LogP contribution in [0.1, 0.15) is 36.4 Å². The maximum absolute atomic E-state index is 12.6. The van der Waals surface area contributed by atoms with Crippen LogP contribution in [0, 0.1) is 0 Å². The third kappa shape index (κ3) is 5.22. The first-order valence-corrected chi connectivity index (χ1v) is 9.21. The molecule has 1 amide bonds. The summed E-state index contributed by atoms with van der Waals surface area (Å²) in [5.74, 6) is 0.423. The lowest BCUT2D eigenvalue weighted by atomic mass is 10.0. The first-order chi connectivity index (χ1) is 13.3. The number of aromatic nitrogens is 1. The topological polar surface area (TPSA) is 71.2 Å². The average molecular weight is 392 g/mol. The third-order valence-electron chi connectivity index (χ3n) is 4.89. The highest BCUT2D eigenvalue weighted by Gasteiger charge is 2.31. The zero-order valence-corrected chi connectivity index (χ0v) is 15.3. The molecule has 2 aromatic rings. The van der Waals surface area contributed by atoms with Gasteiger partial charge in [-0.25, -0.2) is 4.98 Å². The quantitative estimate of drug-likeness (QED) is 0.819. The van der Waals surface area contributed by atoms with Crippen LogP contribution in [0.2, 0.25) is 0 Å². The van der Waals surface area contributed by atoms with Gasteiger partial charge in [0.25, 0.3) is 0 Å². The zero-order valence-electron chi connectivity index (χ0n) is 15.3. The molecule has 150 valence electrons. The van der Waals surface area contributed by atoms with Crippen LogP contribution in [0.3, 0.4) is 0 Å². The van der Waals surface area contributed by atoms with Gasteiger partial charge in [0.15, 0.2) is 0 Å². The van der Waals surface area contributed by atoms with E-state index in [4.69, 9.17) is 5.73 Å². The molecule has 1 unspecified atom stereocenters. The molecule has 3 N–H and O–H groups in total. The predicted molar refractivity (Wildman–Crippen MR) is 101 cm³/mol. The number of nitrogens with zero attached hydrogens (tertiary/aromatic N) is 2. The van der Waals surface area contributed by atoms with Gasteiger partial charge in [-0.05, 0) is 30.5 Å². The Kier molecular flexibility index (Phi) is 6.18. The van der Waals surface area contributed by atoms with Crippen molar-refractivity contribution in [3.05, 3.63) is 59.8 Å². The summed E-state index contributed by atoms with van der Waals surface area (Å²) in [6.45, 7) is 1.24. The fraction of sp³-hybridized carbons (Fsp3) is 0.400. The molecule has 5 nitrogen and oxygen atoms in total. The summed E-state index contributed by atoms with van der Waals surface area (Å²) in [5, 5.41) is 3.01. The van der Waals surface area contributed by atoms with Gasteiger partial charge >= 0.3 is 6.18 Å². The Balaban J connectivity index is 1.47. The summed E-state index contributed by atoms with van der Waals surface area (Å²) in [4.78, 5) is 18.1. The van der Waals surface area contributed by atoms with Crippen LogP contribution in [-0.2, 0) is 11.0 Å². The van der Waals surface area contributed by atoms with Crippen LogP contribution >= 0.6 is 0 Å². The van der Waals surface area contributed by atoms with E-state index in [2.05, 4.69) is 10.3 Å². The minimum atomic E-state index is -4.39. The van der Waals surface area contributed by atoms with Crippen molar-refractivity contribution in [3.8, 4) is 0 Å². The van der Waals surface area contributed by atoms with Crippen molar-refractivity contribution in [2.24, 2.45) is 5.73 Å². The molecule has 2 heterocycles. The molecule has 0 saturated carbocycles. The minimum absolute atomic E-state index is 0.0289. The molecule has 1 fully saturated rings. The molecule has 8 heteroatoms. The van der Waals surface area contributed by atoms with E-state index in [0.29, 0.717) is 31.7 Å². The summed E-state index contributed by atoms with van der Waals surface area (Å²) in [6.07, 6.45) is -1.91. The molecule has 1 aliphatic rings. The Morgan fingerprint density at radius 3 is 2.43 bits per heavy atom. The molecular formula is C20H23F3N4O. The zero-order chi connectivity index (χ0) is 20.1. The molecule has 0 aliphatic carbocycles. The van der Waals surface area contributed by atoms with Gasteiger partial charge in [0.2, 0.25) is 5.91 Å². The maximum atomic E-state index is 12.6. The second kappa shape index (κ2) is 8.60. The molecule has 3 rings (SSSR count). The molecular weight excluding hydrogens is 369 g/mol. The first-order valence-electron chi connectivity index (χ1n) is 9.21. The van der Waals surface area contributed by atoms with Gasteiger partial charge in [-0.1, -0.05) is 30.3 Å². The Bertz CT molecular complexity index is 772. The number of amides is 1. The van der Waals surface area contributed by atoms with Crippen molar-refractivity contribution in [2.45, 2.75) is 37.5 Å². The number of hydrogen-bond donors (Lipinski definition) is 2. The lowest BCUT2D eigenvalue weighted by Crippen LogP contribution is -2.45. The minimum Gasteiger partial charge on any atom is -0.356 e. The smallest absolute Gasteiger partial charge is 0.356 e. The van der Waals surface area contributed by atoms with Crippen LogP contribution in [0.5, 0.6) is 0 Å². The highest BCUT2D eigenvalue weighted by molar-refractivity contribution is 5.77. The number of piperidine rings is 1. The molecule has 0 radical (unpaired) electrons. The Labute approximate surface area is 161 Å². The summed E-state index contributed by atoms with van der Waals surface area (Å²) in [7, 11) is 0. The normalized spacial score (nSPS) is 16.6. The van der Waals surface area contributed by atoms with Gasteiger partial charge in [0, 0.05) is 37.8 Å². The lowest BCUT2D eigenvalue weighted by Gasteiger charge is -2.33. The van der Waals surface area contributed by atoms with Crippen LogP contribution < -0.4 is 16.0 Å². The first kappa shape index (κ1) is 20.1. The van der Waals surface area contributed by atoms with E-state index < -0.39 is 11.7 Å². The maximum Gasteiger partial charge on any atom is 0.417 e.